The number of anilines is 1. The average Bonchev–Trinajstić information content (AvgIpc) is 2.55. The number of hydrogen-bond acceptors (Lipinski definition) is 4. The van der Waals surface area contributed by atoms with Crippen molar-refractivity contribution in [1.82, 2.24) is 9.97 Å². The average molecular weight is 283 g/mol. The second-order valence-corrected chi connectivity index (χ2v) is 5.14. The molecule has 2 aromatic rings. The first-order valence-electron chi connectivity index (χ1n) is 7.15. The Morgan fingerprint density at radius 2 is 1.76 bits per heavy atom. The Morgan fingerprint density at radius 3 is 2.43 bits per heavy atom. The molecule has 0 bridgehead atoms. The van der Waals surface area contributed by atoms with E-state index in [2.05, 4.69) is 14.9 Å². The third-order valence-corrected chi connectivity index (χ3v) is 3.80. The number of piperidine rings is 1. The summed E-state index contributed by atoms with van der Waals surface area (Å²) in [4.78, 5) is 21.9. The molecule has 0 amide bonds. The number of carboxylic acids is 1. The summed E-state index contributed by atoms with van der Waals surface area (Å²) < 4.78 is 0. The largest absolute Gasteiger partial charge is 0.476 e. The fourth-order valence-corrected chi connectivity index (χ4v) is 2.82. The minimum absolute atomic E-state index is 0.101. The van der Waals surface area contributed by atoms with Crippen LogP contribution in [0.15, 0.2) is 36.8 Å². The van der Waals surface area contributed by atoms with Crippen molar-refractivity contribution >= 4 is 11.7 Å². The van der Waals surface area contributed by atoms with Gasteiger partial charge in [0.05, 0.1) is 0 Å². The van der Waals surface area contributed by atoms with Gasteiger partial charge in [-0.1, -0.05) is 0 Å². The molecule has 3 rings (SSSR count). The molecule has 3 heterocycles. The zero-order chi connectivity index (χ0) is 14.7. The highest BCUT2D eigenvalue weighted by Crippen LogP contribution is 2.34. The summed E-state index contributed by atoms with van der Waals surface area (Å²) in [7, 11) is 0. The standard InChI is InChI=1S/C16H17N3O2/c20-16(21)15-14(12-4-7-17-8-5-12)13(6-9-18-15)19-10-2-1-3-11-19/h4-9H,1-3,10-11H2,(H,20,21). The minimum atomic E-state index is -0.999. The maximum absolute atomic E-state index is 11.5. The van der Waals surface area contributed by atoms with Gasteiger partial charge in [0, 0.05) is 42.9 Å². The van der Waals surface area contributed by atoms with Gasteiger partial charge in [-0.2, -0.15) is 0 Å². The summed E-state index contributed by atoms with van der Waals surface area (Å²) in [5, 5.41) is 9.45. The summed E-state index contributed by atoms with van der Waals surface area (Å²) in [6, 6.07) is 5.57. The van der Waals surface area contributed by atoms with E-state index in [0.29, 0.717) is 5.56 Å². The van der Waals surface area contributed by atoms with Crippen LogP contribution in [-0.4, -0.2) is 34.1 Å². The Bertz CT molecular complexity index is 637. The first-order valence-corrected chi connectivity index (χ1v) is 7.15. The van der Waals surface area contributed by atoms with Crippen molar-refractivity contribution in [2.24, 2.45) is 0 Å². The highest BCUT2D eigenvalue weighted by atomic mass is 16.4. The number of nitrogens with zero attached hydrogens (tertiary/aromatic N) is 3. The third kappa shape index (κ3) is 2.72. The number of pyridine rings is 2. The van der Waals surface area contributed by atoms with Gasteiger partial charge in [0.2, 0.25) is 0 Å². The van der Waals surface area contributed by atoms with Gasteiger partial charge in [-0.05, 0) is 43.0 Å². The van der Waals surface area contributed by atoms with Crippen LogP contribution in [0.3, 0.4) is 0 Å². The molecule has 1 aliphatic heterocycles. The zero-order valence-electron chi connectivity index (χ0n) is 11.7. The number of aromatic nitrogens is 2. The van der Waals surface area contributed by atoms with Crippen LogP contribution in [0.2, 0.25) is 0 Å². The van der Waals surface area contributed by atoms with Crippen LogP contribution in [0, 0.1) is 0 Å². The van der Waals surface area contributed by atoms with Gasteiger partial charge < -0.3 is 10.0 Å². The minimum Gasteiger partial charge on any atom is -0.476 e. The van der Waals surface area contributed by atoms with Crippen molar-refractivity contribution in [3.8, 4) is 11.1 Å². The number of carboxylic acid groups (broad SMARTS) is 1. The first kappa shape index (κ1) is 13.5. The molecule has 21 heavy (non-hydrogen) atoms. The van der Waals surface area contributed by atoms with E-state index in [1.54, 1.807) is 18.6 Å². The van der Waals surface area contributed by atoms with E-state index in [1.165, 1.54) is 6.42 Å². The molecule has 0 saturated carbocycles. The van der Waals surface area contributed by atoms with E-state index >= 15 is 0 Å². The van der Waals surface area contributed by atoms with E-state index in [1.807, 2.05) is 18.2 Å². The van der Waals surface area contributed by atoms with Gasteiger partial charge in [-0.25, -0.2) is 9.78 Å². The number of aromatic carboxylic acids is 1. The molecule has 0 radical (unpaired) electrons. The van der Waals surface area contributed by atoms with Crippen molar-refractivity contribution in [3.63, 3.8) is 0 Å². The van der Waals surface area contributed by atoms with E-state index in [0.717, 1.165) is 37.2 Å². The Kier molecular flexibility index (Phi) is 3.81. The molecule has 1 saturated heterocycles. The lowest BCUT2D eigenvalue weighted by Gasteiger charge is -2.31. The summed E-state index contributed by atoms with van der Waals surface area (Å²) in [6.45, 7) is 1.92. The fraction of sp³-hybridized carbons (Fsp3) is 0.312. The second kappa shape index (κ2) is 5.91. The third-order valence-electron chi connectivity index (χ3n) is 3.80. The Labute approximate surface area is 123 Å². The molecule has 1 aliphatic rings. The molecule has 0 aliphatic carbocycles. The maximum Gasteiger partial charge on any atom is 0.355 e. The predicted octanol–water partition coefficient (Wildman–Crippen LogP) is 2.83. The number of hydrogen-bond donors (Lipinski definition) is 1. The van der Waals surface area contributed by atoms with Gasteiger partial charge >= 0.3 is 5.97 Å². The normalized spacial score (nSPS) is 15.0. The van der Waals surface area contributed by atoms with Gasteiger partial charge in [-0.3, -0.25) is 4.98 Å². The molecular weight excluding hydrogens is 266 g/mol. The molecule has 1 N–H and O–H groups in total. The van der Waals surface area contributed by atoms with Crippen molar-refractivity contribution < 1.29 is 9.90 Å². The zero-order valence-corrected chi connectivity index (χ0v) is 11.7. The Balaban J connectivity index is 2.15. The monoisotopic (exact) mass is 283 g/mol. The van der Waals surface area contributed by atoms with Crippen molar-refractivity contribution in [2.45, 2.75) is 19.3 Å². The molecule has 2 aromatic heterocycles. The fourth-order valence-electron chi connectivity index (χ4n) is 2.82. The van der Waals surface area contributed by atoms with Crippen molar-refractivity contribution in [2.75, 3.05) is 18.0 Å². The van der Waals surface area contributed by atoms with E-state index in [-0.39, 0.29) is 5.69 Å². The summed E-state index contributed by atoms with van der Waals surface area (Å²) in [5.74, 6) is -0.999. The quantitative estimate of drug-likeness (QED) is 0.938. The molecule has 5 nitrogen and oxygen atoms in total. The SMILES string of the molecule is O=C(O)c1nccc(N2CCCCC2)c1-c1ccncc1. The molecule has 5 heteroatoms. The topological polar surface area (TPSA) is 66.3 Å². The molecule has 0 atom stereocenters. The maximum atomic E-state index is 11.5. The van der Waals surface area contributed by atoms with Gasteiger partial charge in [0.15, 0.2) is 5.69 Å². The van der Waals surface area contributed by atoms with Gasteiger partial charge in [0.1, 0.15) is 0 Å². The lowest BCUT2D eigenvalue weighted by atomic mass is 10.0. The van der Waals surface area contributed by atoms with Crippen molar-refractivity contribution in [3.05, 3.63) is 42.5 Å². The molecule has 0 spiro atoms. The highest BCUT2D eigenvalue weighted by Gasteiger charge is 2.21. The molecular formula is C16H17N3O2. The Morgan fingerprint density at radius 1 is 1.05 bits per heavy atom. The smallest absolute Gasteiger partial charge is 0.355 e. The van der Waals surface area contributed by atoms with Crippen LogP contribution in [0.1, 0.15) is 29.8 Å². The van der Waals surface area contributed by atoms with Crippen molar-refractivity contribution in [1.29, 1.82) is 0 Å². The lowest BCUT2D eigenvalue weighted by Crippen LogP contribution is -2.30. The van der Waals surface area contributed by atoms with Crippen LogP contribution >= 0.6 is 0 Å². The van der Waals surface area contributed by atoms with Crippen LogP contribution in [-0.2, 0) is 0 Å². The van der Waals surface area contributed by atoms with E-state index < -0.39 is 5.97 Å². The summed E-state index contributed by atoms with van der Waals surface area (Å²) in [5.41, 5.74) is 2.59. The lowest BCUT2D eigenvalue weighted by molar-refractivity contribution is 0.0691. The number of carbonyl (C=O) groups is 1. The van der Waals surface area contributed by atoms with E-state index in [9.17, 15) is 9.90 Å². The molecule has 0 aromatic carbocycles. The van der Waals surface area contributed by atoms with Crippen LogP contribution < -0.4 is 4.90 Å². The summed E-state index contributed by atoms with van der Waals surface area (Å²) >= 11 is 0. The van der Waals surface area contributed by atoms with Gasteiger partial charge in [-0.15, -0.1) is 0 Å². The summed E-state index contributed by atoms with van der Waals surface area (Å²) in [6.07, 6.45) is 8.44. The highest BCUT2D eigenvalue weighted by molar-refractivity contribution is 5.98. The predicted molar refractivity (Wildman–Crippen MR) is 80.5 cm³/mol. The Hall–Kier alpha value is -2.43. The second-order valence-electron chi connectivity index (χ2n) is 5.14. The number of rotatable bonds is 3. The van der Waals surface area contributed by atoms with Crippen LogP contribution in [0.25, 0.3) is 11.1 Å². The van der Waals surface area contributed by atoms with Gasteiger partial charge in [0.25, 0.3) is 0 Å². The first-order chi connectivity index (χ1) is 10.3. The molecule has 1 fully saturated rings. The molecule has 0 unspecified atom stereocenters. The van der Waals surface area contributed by atoms with Crippen LogP contribution in [0.5, 0.6) is 0 Å². The van der Waals surface area contributed by atoms with Crippen LogP contribution in [0.4, 0.5) is 5.69 Å². The van der Waals surface area contributed by atoms with E-state index in [4.69, 9.17) is 0 Å². The molecule has 108 valence electrons.